The molecule has 1 amide bonds. The lowest BCUT2D eigenvalue weighted by Gasteiger charge is -2.09. The molecule has 20 heavy (non-hydrogen) atoms. The fraction of sp³-hybridized carbons (Fsp3) is 0.0714. The number of hydrogen-bond donors (Lipinski definition) is 3. The first kappa shape index (κ1) is 14.7. The van der Waals surface area contributed by atoms with Crippen molar-refractivity contribution in [1.82, 2.24) is 5.43 Å². The van der Waals surface area contributed by atoms with E-state index in [2.05, 4.69) is 5.43 Å². The Kier molecular flexibility index (Phi) is 4.89. The molecule has 0 radical (unpaired) electrons. The minimum absolute atomic E-state index is 0.301. The molecule has 0 aliphatic rings. The normalized spacial score (nSPS) is 10.3. The molecule has 0 aliphatic carbocycles. The van der Waals surface area contributed by atoms with E-state index in [9.17, 15) is 4.79 Å². The van der Waals surface area contributed by atoms with Gasteiger partial charge in [-0.2, -0.15) is 0 Å². The van der Waals surface area contributed by atoms with Gasteiger partial charge in [0.15, 0.2) is 0 Å². The molecule has 0 unspecified atom stereocenters. The lowest BCUT2D eigenvalue weighted by molar-refractivity contribution is 0.0953. The van der Waals surface area contributed by atoms with Gasteiger partial charge in [0, 0.05) is 26.9 Å². The molecule has 4 nitrogen and oxygen atoms in total. The van der Waals surface area contributed by atoms with Crippen LogP contribution in [0.5, 0.6) is 0 Å². The highest BCUT2D eigenvalue weighted by molar-refractivity contribution is 7.98. The van der Waals surface area contributed by atoms with Gasteiger partial charge in [0.1, 0.15) is 0 Å². The Bertz CT molecular complexity index is 634. The number of benzene rings is 2. The first-order valence-electron chi connectivity index (χ1n) is 5.88. The van der Waals surface area contributed by atoms with Gasteiger partial charge in [-0.25, -0.2) is 5.84 Å². The predicted molar refractivity (Wildman–Crippen MR) is 83.5 cm³/mol. The molecule has 0 fully saturated rings. The molecule has 0 aliphatic heterocycles. The summed E-state index contributed by atoms with van der Waals surface area (Å²) >= 11 is 7.41. The molecule has 2 aromatic rings. The van der Waals surface area contributed by atoms with Gasteiger partial charge in [-0.15, -0.1) is 11.8 Å². The number of carbonyl (C=O) groups is 1. The van der Waals surface area contributed by atoms with E-state index < -0.39 is 0 Å². The van der Waals surface area contributed by atoms with Crippen molar-refractivity contribution in [3.8, 4) is 0 Å². The molecule has 5 N–H and O–H groups in total. The number of hydrazine groups is 1. The number of thioether (sulfide) groups is 1. The summed E-state index contributed by atoms with van der Waals surface area (Å²) in [5.74, 6) is 5.50. The SMILES string of the molecule is NNC(=O)c1ccccc1CSc1ccc(Cl)cc1N. The summed E-state index contributed by atoms with van der Waals surface area (Å²) in [6, 6.07) is 12.7. The van der Waals surface area contributed by atoms with Gasteiger partial charge in [0.25, 0.3) is 5.91 Å². The summed E-state index contributed by atoms with van der Waals surface area (Å²) in [5, 5.41) is 0.606. The first-order valence-corrected chi connectivity index (χ1v) is 7.25. The third kappa shape index (κ3) is 3.45. The molecule has 0 saturated heterocycles. The highest BCUT2D eigenvalue weighted by atomic mass is 35.5. The van der Waals surface area contributed by atoms with Gasteiger partial charge in [0.2, 0.25) is 0 Å². The molecule has 0 spiro atoms. The Morgan fingerprint density at radius 1 is 1.25 bits per heavy atom. The second-order valence-electron chi connectivity index (χ2n) is 4.10. The fourth-order valence-electron chi connectivity index (χ4n) is 1.75. The molecule has 0 bridgehead atoms. The number of amides is 1. The van der Waals surface area contributed by atoms with Gasteiger partial charge in [0.05, 0.1) is 0 Å². The zero-order chi connectivity index (χ0) is 14.5. The van der Waals surface area contributed by atoms with E-state index >= 15 is 0 Å². The van der Waals surface area contributed by atoms with Crippen LogP contribution in [0.3, 0.4) is 0 Å². The standard InChI is InChI=1S/C14H14ClN3OS/c15-10-5-6-13(12(16)7-10)20-8-9-3-1-2-4-11(9)14(19)18-17/h1-7H,8,16-17H2,(H,18,19). The first-order chi connectivity index (χ1) is 9.61. The van der Waals surface area contributed by atoms with Gasteiger partial charge in [-0.1, -0.05) is 29.8 Å². The zero-order valence-corrected chi connectivity index (χ0v) is 12.2. The van der Waals surface area contributed by atoms with Crippen LogP contribution >= 0.6 is 23.4 Å². The maximum Gasteiger partial charge on any atom is 0.265 e. The Morgan fingerprint density at radius 3 is 2.70 bits per heavy atom. The smallest absolute Gasteiger partial charge is 0.265 e. The number of hydrogen-bond acceptors (Lipinski definition) is 4. The molecule has 0 atom stereocenters. The van der Waals surface area contributed by atoms with Crippen LogP contribution in [0, 0.1) is 0 Å². The van der Waals surface area contributed by atoms with Crippen molar-refractivity contribution < 1.29 is 4.79 Å². The Hall–Kier alpha value is -1.69. The average Bonchev–Trinajstić information content (AvgIpc) is 2.46. The minimum atomic E-state index is -0.301. The van der Waals surface area contributed by atoms with E-state index in [0.717, 1.165) is 10.5 Å². The fourth-order valence-corrected chi connectivity index (χ4v) is 2.88. The predicted octanol–water partition coefficient (Wildman–Crippen LogP) is 2.82. The Morgan fingerprint density at radius 2 is 2.00 bits per heavy atom. The van der Waals surface area contributed by atoms with Crippen LogP contribution in [0.4, 0.5) is 5.69 Å². The largest absolute Gasteiger partial charge is 0.398 e. The van der Waals surface area contributed by atoms with E-state index in [4.69, 9.17) is 23.2 Å². The highest BCUT2D eigenvalue weighted by Crippen LogP contribution is 2.30. The monoisotopic (exact) mass is 307 g/mol. The third-order valence-electron chi connectivity index (χ3n) is 2.75. The number of nitrogen functional groups attached to an aromatic ring is 2. The van der Waals surface area contributed by atoms with Crippen LogP contribution < -0.4 is 17.0 Å². The number of rotatable bonds is 4. The lowest BCUT2D eigenvalue weighted by Crippen LogP contribution is -2.30. The summed E-state index contributed by atoms with van der Waals surface area (Å²) < 4.78 is 0. The molecule has 0 heterocycles. The van der Waals surface area contributed by atoms with Crippen LogP contribution in [0.15, 0.2) is 47.4 Å². The number of anilines is 1. The number of nitrogens with two attached hydrogens (primary N) is 2. The molecule has 104 valence electrons. The maximum atomic E-state index is 11.7. The van der Waals surface area contributed by atoms with E-state index in [-0.39, 0.29) is 5.91 Å². The maximum absolute atomic E-state index is 11.7. The van der Waals surface area contributed by atoms with Crippen molar-refractivity contribution in [2.75, 3.05) is 5.73 Å². The van der Waals surface area contributed by atoms with Crippen molar-refractivity contribution in [3.05, 3.63) is 58.6 Å². The summed E-state index contributed by atoms with van der Waals surface area (Å²) in [6.07, 6.45) is 0. The number of carbonyl (C=O) groups excluding carboxylic acids is 1. The van der Waals surface area contributed by atoms with Crippen LogP contribution in [0.25, 0.3) is 0 Å². The molecule has 6 heteroatoms. The second-order valence-corrected chi connectivity index (χ2v) is 5.56. The third-order valence-corrected chi connectivity index (χ3v) is 4.12. The quantitative estimate of drug-likeness (QED) is 0.267. The van der Waals surface area contributed by atoms with Crippen LogP contribution in [0.1, 0.15) is 15.9 Å². The average molecular weight is 308 g/mol. The molecule has 2 rings (SSSR count). The van der Waals surface area contributed by atoms with Crippen molar-refractivity contribution in [1.29, 1.82) is 0 Å². The zero-order valence-electron chi connectivity index (χ0n) is 10.6. The van der Waals surface area contributed by atoms with Gasteiger partial charge >= 0.3 is 0 Å². The Labute approximate surface area is 126 Å². The highest BCUT2D eigenvalue weighted by Gasteiger charge is 2.10. The number of nitrogens with one attached hydrogen (secondary N) is 1. The van der Waals surface area contributed by atoms with E-state index in [0.29, 0.717) is 22.0 Å². The van der Waals surface area contributed by atoms with Gasteiger partial charge in [-0.3, -0.25) is 10.2 Å². The second kappa shape index (κ2) is 6.65. The summed E-state index contributed by atoms with van der Waals surface area (Å²) in [5.41, 5.74) is 10.1. The Balaban J connectivity index is 2.17. The molecule has 0 saturated carbocycles. The summed E-state index contributed by atoms with van der Waals surface area (Å²) in [6.45, 7) is 0. The molecular formula is C14H14ClN3OS. The van der Waals surface area contributed by atoms with E-state index in [1.807, 2.05) is 18.2 Å². The van der Waals surface area contributed by atoms with Crippen LogP contribution in [-0.4, -0.2) is 5.91 Å². The van der Waals surface area contributed by atoms with Crippen molar-refractivity contribution >= 4 is 35.0 Å². The lowest BCUT2D eigenvalue weighted by atomic mass is 10.1. The van der Waals surface area contributed by atoms with Crippen LogP contribution in [-0.2, 0) is 5.75 Å². The molecule has 2 aromatic carbocycles. The summed E-state index contributed by atoms with van der Waals surface area (Å²) in [7, 11) is 0. The molecule has 0 aromatic heterocycles. The minimum Gasteiger partial charge on any atom is -0.398 e. The van der Waals surface area contributed by atoms with Gasteiger partial charge < -0.3 is 5.73 Å². The van der Waals surface area contributed by atoms with Crippen molar-refractivity contribution in [3.63, 3.8) is 0 Å². The number of halogens is 1. The van der Waals surface area contributed by atoms with Crippen molar-refractivity contribution in [2.24, 2.45) is 5.84 Å². The van der Waals surface area contributed by atoms with Gasteiger partial charge in [-0.05, 0) is 29.8 Å². The van der Waals surface area contributed by atoms with Crippen LogP contribution in [0.2, 0.25) is 5.02 Å². The summed E-state index contributed by atoms with van der Waals surface area (Å²) in [4.78, 5) is 12.6. The van der Waals surface area contributed by atoms with E-state index in [1.165, 1.54) is 0 Å². The van der Waals surface area contributed by atoms with Crippen molar-refractivity contribution in [2.45, 2.75) is 10.6 Å². The topological polar surface area (TPSA) is 81.1 Å². The molecular weight excluding hydrogens is 294 g/mol. The van der Waals surface area contributed by atoms with E-state index in [1.54, 1.807) is 36.0 Å².